The van der Waals surface area contributed by atoms with Crippen molar-refractivity contribution in [2.45, 2.75) is 20.8 Å². The predicted molar refractivity (Wildman–Crippen MR) is 87.5 cm³/mol. The first kappa shape index (κ1) is 15.2. The van der Waals surface area contributed by atoms with Crippen molar-refractivity contribution in [3.8, 4) is 11.5 Å². The Bertz CT molecular complexity index is 581. The Balaban J connectivity index is 1.84. The molecule has 0 aliphatic carbocycles. The molecule has 1 N–H and O–H groups in total. The van der Waals surface area contributed by atoms with Gasteiger partial charge in [0.05, 0.1) is 12.3 Å². The zero-order chi connectivity index (χ0) is 15.1. The molecule has 0 fully saturated rings. The molecule has 0 bridgehead atoms. The molecule has 3 nitrogen and oxygen atoms in total. The summed E-state index contributed by atoms with van der Waals surface area (Å²) in [6.45, 7) is 8.16. The smallest absolute Gasteiger partial charge is 0.142 e. The van der Waals surface area contributed by atoms with Crippen molar-refractivity contribution in [1.29, 1.82) is 0 Å². The van der Waals surface area contributed by atoms with Crippen LogP contribution in [-0.4, -0.2) is 19.8 Å². The molecule has 0 atom stereocenters. The third-order valence-corrected chi connectivity index (χ3v) is 3.19. The number of para-hydroxylation sites is 2. The quantitative estimate of drug-likeness (QED) is 0.774. The number of hydrogen-bond donors (Lipinski definition) is 1. The second-order valence-electron chi connectivity index (χ2n) is 4.97. The van der Waals surface area contributed by atoms with Crippen molar-refractivity contribution in [3.63, 3.8) is 0 Å². The van der Waals surface area contributed by atoms with Gasteiger partial charge >= 0.3 is 0 Å². The maximum absolute atomic E-state index is 5.81. The molecule has 2 rings (SSSR count). The molecule has 0 saturated heterocycles. The zero-order valence-corrected chi connectivity index (χ0v) is 13.0. The highest BCUT2D eigenvalue weighted by Crippen LogP contribution is 2.23. The Hall–Kier alpha value is -2.16. The highest BCUT2D eigenvalue weighted by Gasteiger charge is 2.02. The van der Waals surface area contributed by atoms with Gasteiger partial charge < -0.3 is 14.8 Å². The van der Waals surface area contributed by atoms with E-state index in [0.717, 1.165) is 23.7 Å². The predicted octanol–water partition coefficient (Wildman–Crippen LogP) is 4.19. The number of ether oxygens (including phenoxy) is 2. The van der Waals surface area contributed by atoms with Gasteiger partial charge in [-0.05, 0) is 44.5 Å². The molecular weight excluding hydrogens is 262 g/mol. The van der Waals surface area contributed by atoms with Crippen molar-refractivity contribution in [2.24, 2.45) is 0 Å². The lowest BCUT2D eigenvalue weighted by Gasteiger charge is -2.13. The first-order valence-electron chi connectivity index (χ1n) is 7.36. The first-order chi connectivity index (χ1) is 10.2. The van der Waals surface area contributed by atoms with E-state index in [2.05, 4.69) is 31.3 Å². The highest BCUT2D eigenvalue weighted by molar-refractivity contribution is 5.56. The Kier molecular flexibility index (Phi) is 5.50. The van der Waals surface area contributed by atoms with Crippen molar-refractivity contribution < 1.29 is 9.47 Å². The van der Waals surface area contributed by atoms with Gasteiger partial charge in [-0.1, -0.05) is 29.8 Å². The summed E-state index contributed by atoms with van der Waals surface area (Å²) in [5, 5.41) is 3.35. The van der Waals surface area contributed by atoms with Crippen molar-refractivity contribution in [2.75, 3.05) is 25.1 Å². The molecule has 0 radical (unpaired) electrons. The fourth-order valence-corrected chi connectivity index (χ4v) is 2.20. The van der Waals surface area contributed by atoms with Crippen LogP contribution < -0.4 is 14.8 Å². The minimum Gasteiger partial charge on any atom is -0.492 e. The van der Waals surface area contributed by atoms with Gasteiger partial charge in [-0.15, -0.1) is 0 Å². The van der Waals surface area contributed by atoms with E-state index in [1.165, 1.54) is 11.1 Å². The number of rotatable bonds is 7. The topological polar surface area (TPSA) is 30.5 Å². The minimum atomic E-state index is 0.615. The van der Waals surface area contributed by atoms with Crippen LogP contribution in [0.4, 0.5) is 5.69 Å². The average molecular weight is 285 g/mol. The maximum atomic E-state index is 5.81. The molecular formula is C18H23NO2. The van der Waals surface area contributed by atoms with E-state index in [9.17, 15) is 0 Å². The van der Waals surface area contributed by atoms with Crippen LogP contribution in [0.2, 0.25) is 0 Å². The molecule has 0 aliphatic rings. The molecule has 2 aromatic rings. The number of aryl methyl sites for hydroxylation is 2. The number of hydrogen-bond acceptors (Lipinski definition) is 3. The normalized spacial score (nSPS) is 10.2. The molecule has 2 aromatic carbocycles. The van der Waals surface area contributed by atoms with Gasteiger partial charge in [0.2, 0.25) is 0 Å². The Morgan fingerprint density at radius 1 is 0.952 bits per heavy atom. The van der Waals surface area contributed by atoms with Crippen molar-refractivity contribution in [3.05, 3.63) is 53.6 Å². The molecule has 21 heavy (non-hydrogen) atoms. The fourth-order valence-electron chi connectivity index (χ4n) is 2.20. The van der Waals surface area contributed by atoms with E-state index in [1.807, 2.05) is 37.3 Å². The molecule has 0 unspecified atom stereocenters. The second-order valence-corrected chi connectivity index (χ2v) is 4.97. The van der Waals surface area contributed by atoms with Crippen LogP contribution in [0.25, 0.3) is 0 Å². The summed E-state index contributed by atoms with van der Waals surface area (Å²) in [7, 11) is 0. The number of anilines is 1. The van der Waals surface area contributed by atoms with Gasteiger partial charge in [-0.3, -0.25) is 0 Å². The van der Waals surface area contributed by atoms with E-state index < -0.39 is 0 Å². The third kappa shape index (κ3) is 4.42. The largest absolute Gasteiger partial charge is 0.492 e. The summed E-state index contributed by atoms with van der Waals surface area (Å²) in [6.07, 6.45) is 0. The van der Waals surface area contributed by atoms with Crippen LogP contribution in [-0.2, 0) is 0 Å². The molecule has 0 aromatic heterocycles. The summed E-state index contributed by atoms with van der Waals surface area (Å²) < 4.78 is 11.4. The van der Waals surface area contributed by atoms with Gasteiger partial charge in [0.1, 0.15) is 18.1 Å². The Morgan fingerprint density at radius 3 is 2.52 bits per heavy atom. The van der Waals surface area contributed by atoms with Gasteiger partial charge in [0.15, 0.2) is 0 Å². The second kappa shape index (κ2) is 7.58. The van der Waals surface area contributed by atoms with E-state index in [-0.39, 0.29) is 0 Å². The van der Waals surface area contributed by atoms with Gasteiger partial charge in [0.25, 0.3) is 0 Å². The van der Waals surface area contributed by atoms with E-state index >= 15 is 0 Å². The van der Waals surface area contributed by atoms with Crippen molar-refractivity contribution in [1.82, 2.24) is 0 Å². The van der Waals surface area contributed by atoms with Crippen molar-refractivity contribution >= 4 is 5.69 Å². The van der Waals surface area contributed by atoms with E-state index in [1.54, 1.807) is 0 Å². The van der Waals surface area contributed by atoms with E-state index in [4.69, 9.17) is 9.47 Å². The number of benzene rings is 2. The first-order valence-corrected chi connectivity index (χ1v) is 7.36. The van der Waals surface area contributed by atoms with Gasteiger partial charge in [-0.25, -0.2) is 0 Å². The molecule has 3 heteroatoms. The van der Waals surface area contributed by atoms with Crippen LogP contribution in [0.1, 0.15) is 18.1 Å². The lowest BCUT2D eigenvalue weighted by atomic mass is 10.1. The minimum absolute atomic E-state index is 0.615. The lowest BCUT2D eigenvalue weighted by Crippen LogP contribution is -2.12. The summed E-state index contributed by atoms with van der Waals surface area (Å²) in [6, 6.07) is 14.2. The molecule has 0 spiro atoms. The molecule has 0 amide bonds. The molecule has 0 heterocycles. The van der Waals surface area contributed by atoms with Crippen LogP contribution in [0.15, 0.2) is 42.5 Å². The number of nitrogens with one attached hydrogen (secondary N) is 1. The standard InChI is InChI=1S/C18H23NO2/c1-4-20-18-8-6-5-7-16(18)19-11-12-21-17-10-9-14(2)13-15(17)3/h5-10,13,19H,4,11-12H2,1-3H3. The Morgan fingerprint density at radius 2 is 1.76 bits per heavy atom. The van der Waals surface area contributed by atoms with Crippen LogP contribution >= 0.6 is 0 Å². The molecule has 112 valence electrons. The van der Waals surface area contributed by atoms with Crippen LogP contribution in [0, 0.1) is 13.8 Å². The summed E-state index contributed by atoms with van der Waals surface area (Å²) >= 11 is 0. The maximum Gasteiger partial charge on any atom is 0.142 e. The third-order valence-electron chi connectivity index (χ3n) is 3.19. The SMILES string of the molecule is CCOc1ccccc1NCCOc1ccc(C)cc1C. The summed E-state index contributed by atoms with van der Waals surface area (Å²) in [4.78, 5) is 0. The monoisotopic (exact) mass is 285 g/mol. The summed E-state index contributed by atoms with van der Waals surface area (Å²) in [5.74, 6) is 1.83. The Labute approximate surface area is 126 Å². The van der Waals surface area contributed by atoms with Gasteiger partial charge in [0, 0.05) is 6.54 Å². The molecule has 0 aliphatic heterocycles. The fraction of sp³-hybridized carbons (Fsp3) is 0.333. The lowest BCUT2D eigenvalue weighted by molar-refractivity contribution is 0.328. The van der Waals surface area contributed by atoms with E-state index in [0.29, 0.717) is 13.2 Å². The van der Waals surface area contributed by atoms with Gasteiger partial charge in [-0.2, -0.15) is 0 Å². The van der Waals surface area contributed by atoms with Crippen LogP contribution in [0.3, 0.4) is 0 Å². The average Bonchev–Trinajstić information content (AvgIpc) is 2.47. The molecule has 0 saturated carbocycles. The summed E-state index contributed by atoms with van der Waals surface area (Å²) in [5.41, 5.74) is 3.43. The zero-order valence-electron chi connectivity index (χ0n) is 13.0. The van der Waals surface area contributed by atoms with Crippen LogP contribution in [0.5, 0.6) is 11.5 Å². The highest BCUT2D eigenvalue weighted by atomic mass is 16.5.